The summed E-state index contributed by atoms with van der Waals surface area (Å²) in [5.41, 5.74) is 1.58. The lowest BCUT2D eigenvalue weighted by molar-refractivity contribution is 0.0685. The second-order valence-electron chi connectivity index (χ2n) is 5.49. The van der Waals surface area contributed by atoms with E-state index >= 15 is 0 Å². The number of rotatable bonds is 2. The summed E-state index contributed by atoms with van der Waals surface area (Å²) in [7, 11) is 1.69. The highest BCUT2D eigenvalue weighted by Crippen LogP contribution is 2.45. The van der Waals surface area contributed by atoms with Crippen LogP contribution in [0.2, 0.25) is 0 Å². The molecule has 1 aromatic rings. The SMILES string of the molecule is Cn1nc(C2CCC(C)(C)C2)cc1C(=O)O. The average Bonchev–Trinajstić information content (AvgIpc) is 2.69. The van der Waals surface area contributed by atoms with Crippen LogP contribution in [0, 0.1) is 5.41 Å². The quantitative estimate of drug-likeness (QED) is 0.836. The molecule has 1 atom stereocenters. The molecule has 0 aliphatic heterocycles. The Balaban J connectivity index is 2.23. The van der Waals surface area contributed by atoms with E-state index in [1.54, 1.807) is 13.1 Å². The summed E-state index contributed by atoms with van der Waals surface area (Å²) in [6, 6.07) is 1.72. The summed E-state index contributed by atoms with van der Waals surface area (Å²) in [6.45, 7) is 4.52. The molecule has 0 amide bonds. The Bertz CT molecular complexity index is 421. The van der Waals surface area contributed by atoms with E-state index in [2.05, 4.69) is 18.9 Å². The fourth-order valence-corrected chi connectivity index (χ4v) is 2.58. The standard InChI is InChI=1S/C12H18N2O2/c1-12(2)5-4-8(7-12)9-6-10(11(15)16)14(3)13-9/h6,8H,4-5,7H2,1-3H3,(H,15,16). The van der Waals surface area contributed by atoms with Crippen LogP contribution in [0.5, 0.6) is 0 Å². The second kappa shape index (κ2) is 3.61. The molecule has 0 saturated heterocycles. The summed E-state index contributed by atoms with van der Waals surface area (Å²) >= 11 is 0. The lowest BCUT2D eigenvalue weighted by Gasteiger charge is -2.16. The van der Waals surface area contributed by atoms with Crippen molar-refractivity contribution in [2.24, 2.45) is 12.5 Å². The fraction of sp³-hybridized carbons (Fsp3) is 0.667. The molecule has 0 radical (unpaired) electrons. The van der Waals surface area contributed by atoms with Gasteiger partial charge in [-0.2, -0.15) is 5.10 Å². The maximum absolute atomic E-state index is 10.9. The molecule has 1 saturated carbocycles. The van der Waals surface area contributed by atoms with Crippen LogP contribution < -0.4 is 0 Å². The lowest BCUT2D eigenvalue weighted by Crippen LogP contribution is -2.05. The lowest BCUT2D eigenvalue weighted by atomic mass is 9.90. The molecule has 1 aliphatic carbocycles. The minimum absolute atomic E-state index is 0.278. The first-order chi connectivity index (χ1) is 7.39. The summed E-state index contributed by atoms with van der Waals surface area (Å²) in [5.74, 6) is -0.479. The molecule has 1 heterocycles. The van der Waals surface area contributed by atoms with Gasteiger partial charge in [0.05, 0.1) is 5.69 Å². The molecule has 1 N–H and O–H groups in total. The van der Waals surface area contributed by atoms with Gasteiger partial charge in [0.15, 0.2) is 0 Å². The Kier molecular flexibility index (Phi) is 2.52. The number of aryl methyl sites for hydroxylation is 1. The Morgan fingerprint density at radius 1 is 1.62 bits per heavy atom. The molecule has 16 heavy (non-hydrogen) atoms. The predicted molar refractivity (Wildman–Crippen MR) is 60.5 cm³/mol. The van der Waals surface area contributed by atoms with E-state index < -0.39 is 5.97 Å². The molecule has 1 aliphatic rings. The molecule has 1 aromatic heterocycles. The zero-order valence-corrected chi connectivity index (χ0v) is 10.0. The summed E-state index contributed by atoms with van der Waals surface area (Å²) in [5, 5.41) is 13.3. The minimum Gasteiger partial charge on any atom is -0.477 e. The van der Waals surface area contributed by atoms with Crippen molar-refractivity contribution >= 4 is 5.97 Å². The van der Waals surface area contributed by atoms with Gasteiger partial charge in [-0.15, -0.1) is 0 Å². The van der Waals surface area contributed by atoms with Crippen LogP contribution in [0.25, 0.3) is 0 Å². The number of nitrogens with zero attached hydrogens (tertiary/aromatic N) is 2. The highest BCUT2D eigenvalue weighted by molar-refractivity contribution is 5.85. The Morgan fingerprint density at radius 3 is 2.75 bits per heavy atom. The number of aromatic carboxylic acids is 1. The smallest absolute Gasteiger partial charge is 0.354 e. The first kappa shape index (κ1) is 11.2. The zero-order chi connectivity index (χ0) is 11.9. The maximum Gasteiger partial charge on any atom is 0.354 e. The summed E-state index contributed by atoms with van der Waals surface area (Å²) < 4.78 is 1.46. The van der Waals surface area contributed by atoms with E-state index in [1.165, 1.54) is 11.1 Å². The van der Waals surface area contributed by atoms with E-state index in [4.69, 9.17) is 5.11 Å². The van der Waals surface area contributed by atoms with Gasteiger partial charge in [-0.3, -0.25) is 4.68 Å². The molecule has 4 nitrogen and oxygen atoms in total. The molecule has 0 spiro atoms. The summed E-state index contributed by atoms with van der Waals surface area (Å²) in [4.78, 5) is 10.9. The van der Waals surface area contributed by atoms with Gasteiger partial charge >= 0.3 is 5.97 Å². The highest BCUT2D eigenvalue weighted by Gasteiger charge is 2.33. The number of carboxylic acid groups (broad SMARTS) is 1. The van der Waals surface area contributed by atoms with Crippen molar-refractivity contribution in [1.29, 1.82) is 0 Å². The summed E-state index contributed by atoms with van der Waals surface area (Å²) in [6.07, 6.45) is 3.41. The minimum atomic E-state index is -0.904. The Hall–Kier alpha value is -1.32. The highest BCUT2D eigenvalue weighted by atomic mass is 16.4. The van der Waals surface area contributed by atoms with Crippen LogP contribution in [-0.2, 0) is 7.05 Å². The molecular weight excluding hydrogens is 204 g/mol. The third-order valence-electron chi connectivity index (χ3n) is 3.50. The van der Waals surface area contributed by atoms with Crippen LogP contribution in [0.1, 0.15) is 55.2 Å². The van der Waals surface area contributed by atoms with E-state index in [0.29, 0.717) is 11.3 Å². The van der Waals surface area contributed by atoms with Crippen molar-refractivity contribution in [3.8, 4) is 0 Å². The van der Waals surface area contributed by atoms with Gasteiger partial charge in [-0.1, -0.05) is 13.8 Å². The molecule has 4 heteroatoms. The third-order valence-corrected chi connectivity index (χ3v) is 3.50. The molecule has 2 rings (SSSR count). The molecule has 1 fully saturated rings. The van der Waals surface area contributed by atoms with Crippen molar-refractivity contribution in [1.82, 2.24) is 9.78 Å². The molecular formula is C12H18N2O2. The van der Waals surface area contributed by atoms with Crippen molar-refractivity contribution in [2.45, 2.75) is 39.0 Å². The number of carboxylic acids is 1. The van der Waals surface area contributed by atoms with Gasteiger partial charge in [0, 0.05) is 13.0 Å². The van der Waals surface area contributed by atoms with Crippen molar-refractivity contribution < 1.29 is 9.90 Å². The van der Waals surface area contributed by atoms with Crippen molar-refractivity contribution in [3.63, 3.8) is 0 Å². The van der Waals surface area contributed by atoms with Gasteiger partial charge in [0.2, 0.25) is 0 Å². The van der Waals surface area contributed by atoms with Gasteiger partial charge in [0.25, 0.3) is 0 Å². The third kappa shape index (κ3) is 1.96. The number of hydrogen-bond acceptors (Lipinski definition) is 2. The fourth-order valence-electron chi connectivity index (χ4n) is 2.58. The number of aromatic nitrogens is 2. The number of carbonyl (C=O) groups is 1. The van der Waals surface area contributed by atoms with Crippen LogP contribution in [0.15, 0.2) is 6.07 Å². The van der Waals surface area contributed by atoms with Crippen molar-refractivity contribution in [3.05, 3.63) is 17.5 Å². The first-order valence-corrected chi connectivity index (χ1v) is 5.66. The van der Waals surface area contributed by atoms with Gasteiger partial charge in [-0.25, -0.2) is 4.79 Å². The largest absolute Gasteiger partial charge is 0.477 e. The predicted octanol–water partition coefficient (Wildman–Crippen LogP) is 2.41. The topological polar surface area (TPSA) is 55.1 Å². The van der Waals surface area contributed by atoms with Gasteiger partial charge in [0.1, 0.15) is 5.69 Å². The van der Waals surface area contributed by atoms with Gasteiger partial charge in [-0.05, 0) is 30.7 Å². The van der Waals surface area contributed by atoms with E-state index in [9.17, 15) is 4.79 Å². The van der Waals surface area contributed by atoms with Crippen LogP contribution in [0.3, 0.4) is 0 Å². The molecule has 0 bridgehead atoms. The first-order valence-electron chi connectivity index (χ1n) is 5.66. The monoisotopic (exact) mass is 222 g/mol. The van der Waals surface area contributed by atoms with Crippen molar-refractivity contribution in [2.75, 3.05) is 0 Å². The Morgan fingerprint density at radius 2 is 2.31 bits per heavy atom. The van der Waals surface area contributed by atoms with E-state index in [1.807, 2.05) is 0 Å². The van der Waals surface area contributed by atoms with Crippen LogP contribution >= 0.6 is 0 Å². The molecule has 1 unspecified atom stereocenters. The van der Waals surface area contributed by atoms with Crippen LogP contribution in [-0.4, -0.2) is 20.9 Å². The van der Waals surface area contributed by atoms with E-state index in [-0.39, 0.29) is 5.69 Å². The second-order valence-corrected chi connectivity index (χ2v) is 5.49. The Labute approximate surface area is 95.3 Å². The van der Waals surface area contributed by atoms with E-state index in [0.717, 1.165) is 18.5 Å². The van der Waals surface area contributed by atoms with Gasteiger partial charge < -0.3 is 5.11 Å². The maximum atomic E-state index is 10.9. The number of hydrogen-bond donors (Lipinski definition) is 1. The molecule has 0 aromatic carbocycles. The molecule has 88 valence electrons. The average molecular weight is 222 g/mol. The normalized spacial score (nSPS) is 23.6. The van der Waals surface area contributed by atoms with Crippen LogP contribution in [0.4, 0.5) is 0 Å². The zero-order valence-electron chi connectivity index (χ0n) is 10.0.